The average Bonchev–Trinajstić information content (AvgIpc) is 2.64. The van der Waals surface area contributed by atoms with E-state index in [0.29, 0.717) is 12.8 Å². The van der Waals surface area contributed by atoms with Crippen LogP contribution in [-0.2, 0) is 14.6 Å². The van der Waals surface area contributed by atoms with Crippen LogP contribution in [0.1, 0.15) is 19.3 Å². The van der Waals surface area contributed by atoms with Crippen molar-refractivity contribution in [3.63, 3.8) is 0 Å². The summed E-state index contributed by atoms with van der Waals surface area (Å²) in [6, 6.07) is 0. The Kier molecular flexibility index (Phi) is 2.17. The highest BCUT2D eigenvalue weighted by Crippen LogP contribution is 2.29. The summed E-state index contributed by atoms with van der Waals surface area (Å²) in [6.07, 6.45) is 1.16. The predicted octanol–water partition coefficient (Wildman–Crippen LogP) is 0.0383. The van der Waals surface area contributed by atoms with Gasteiger partial charge in [-0.3, -0.25) is 4.79 Å². The molecular formula is C6H10O4S. The van der Waals surface area contributed by atoms with Gasteiger partial charge in [0.2, 0.25) is 0 Å². The van der Waals surface area contributed by atoms with Crippen LogP contribution in [0.4, 0.5) is 0 Å². The Hall–Kier alpha value is -0.580. The summed E-state index contributed by atoms with van der Waals surface area (Å²) in [5.74, 6) is -1.25. The molecule has 1 aliphatic carbocycles. The van der Waals surface area contributed by atoms with E-state index in [-0.39, 0.29) is 17.4 Å². The van der Waals surface area contributed by atoms with Gasteiger partial charge in [-0.2, -0.15) is 0 Å². The van der Waals surface area contributed by atoms with Crippen molar-refractivity contribution in [1.29, 1.82) is 0 Å². The standard InChI is InChI=1S/C6H10O4S/c7-6(8)3-4-11(9,10)5-1-2-5/h5H,1-4H2,(H,7,8). The minimum Gasteiger partial charge on any atom is -0.481 e. The van der Waals surface area contributed by atoms with Gasteiger partial charge in [0.15, 0.2) is 9.84 Å². The molecule has 0 heterocycles. The van der Waals surface area contributed by atoms with Gasteiger partial charge in [-0.1, -0.05) is 0 Å². The van der Waals surface area contributed by atoms with Crippen LogP contribution < -0.4 is 0 Å². The van der Waals surface area contributed by atoms with E-state index in [9.17, 15) is 13.2 Å². The second kappa shape index (κ2) is 2.81. The third kappa shape index (κ3) is 2.49. The molecule has 1 N–H and O–H groups in total. The fourth-order valence-electron chi connectivity index (χ4n) is 0.823. The molecule has 0 unspecified atom stereocenters. The fourth-order valence-corrected chi connectivity index (χ4v) is 2.47. The average molecular weight is 178 g/mol. The summed E-state index contributed by atoms with van der Waals surface area (Å²) in [7, 11) is -3.06. The Balaban J connectivity index is 2.40. The molecule has 5 heteroatoms. The summed E-state index contributed by atoms with van der Waals surface area (Å²) in [6.45, 7) is 0. The lowest BCUT2D eigenvalue weighted by Gasteiger charge is -1.97. The first-order valence-electron chi connectivity index (χ1n) is 3.46. The Morgan fingerprint density at radius 1 is 1.45 bits per heavy atom. The normalized spacial score (nSPS) is 18.2. The third-order valence-corrected chi connectivity index (χ3v) is 3.89. The molecule has 0 amide bonds. The molecule has 1 fully saturated rings. The first-order valence-corrected chi connectivity index (χ1v) is 5.17. The number of carbonyl (C=O) groups is 1. The molecule has 11 heavy (non-hydrogen) atoms. The molecular weight excluding hydrogens is 168 g/mol. The second-order valence-electron chi connectivity index (χ2n) is 2.71. The van der Waals surface area contributed by atoms with E-state index in [1.165, 1.54) is 0 Å². The first-order chi connectivity index (χ1) is 5.02. The van der Waals surface area contributed by atoms with Crippen LogP contribution in [0.2, 0.25) is 0 Å². The second-order valence-corrected chi connectivity index (χ2v) is 5.11. The molecule has 0 aromatic rings. The summed E-state index contributed by atoms with van der Waals surface area (Å²) in [5, 5.41) is 7.98. The number of sulfone groups is 1. The topological polar surface area (TPSA) is 71.4 Å². The number of hydrogen-bond donors (Lipinski definition) is 1. The molecule has 0 aliphatic heterocycles. The largest absolute Gasteiger partial charge is 0.481 e. The molecule has 0 aromatic carbocycles. The minimum atomic E-state index is -3.06. The first kappa shape index (κ1) is 8.52. The van der Waals surface area contributed by atoms with Gasteiger partial charge in [-0.05, 0) is 12.8 Å². The maximum absolute atomic E-state index is 11.0. The smallest absolute Gasteiger partial charge is 0.304 e. The molecule has 0 radical (unpaired) electrons. The molecule has 1 rings (SSSR count). The summed E-state index contributed by atoms with van der Waals surface area (Å²) >= 11 is 0. The van der Waals surface area contributed by atoms with Crippen LogP contribution in [0.5, 0.6) is 0 Å². The van der Waals surface area contributed by atoms with Gasteiger partial charge in [0, 0.05) is 0 Å². The Morgan fingerprint density at radius 2 is 2.00 bits per heavy atom. The number of carboxylic acid groups (broad SMARTS) is 1. The van der Waals surface area contributed by atoms with Gasteiger partial charge < -0.3 is 5.11 Å². The van der Waals surface area contributed by atoms with E-state index in [2.05, 4.69) is 0 Å². The highest BCUT2D eigenvalue weighted by atomic mass is 32.2. The van der Waals surface area contributed by atoms with Crippen molar-refractivity contribution in [2.45, 2.75) is 24.5 Å². The Morgan fingerprint density at radius 3 is 2.36 bits per heavy atom. The maximum atomic E-state index is 11.0. The minimum absolute atomic E-state index is 0.201. The third-order valence-electron chi connectivity index (χ3n) is 1.63. The van der Waals surface area contributed by atoms with E-state index in [1.807, 2.05) is 0 Å². The van der Waals surface area contributed by atoms with Gasteiger partial charge in [0.25, 0.3) is 0 Å². The lowest BCUT2D eigenvalue weighted by Crippen LogP contribution is -2.14. The maximum Gasteiger partial charge on any atom is 0.304 e. The number of hydrogen-bond acceptors (Lipinski definition) is 3. The van der Waals surface area contributed by atoms with Crippen LogP contribution in [0.25, 0.3) is 0 Å². The zero-order valence-electron chi connectivity index (χ0n) is 5.99. The monoisotopic (exact) mass is 178 g/mol. The van der Waals surface area contributed by atoms with E-state index >= 15 is 0 Å². The molecule has 64 valence electrons. The van der Waals surface area contributed by atoms with E-state index in [4.69, 9.17) is 5.11 Å². The molecule has 0 aromatic heterocycles. The highest BCUT2D eigenvalue weighted by molar-refractivity contribution is 7.92. The van der Waals surface area contributed by atoms with Gasteiger partial charge in [-0.15, -0.1) is 0 Å². The Labute approximate surface area is 65.1 Å². The van der Waals surface area contributed by atoms with Crippen molar-refractivity contribution in [2.75, 3.05) is 5.75 Å². The van der Waals surface area contributed by atoms with Crippen molar-refractivity contribution in [3.05, 3.63) is 0 Å². The summed E-state index contributed by atoms with van der Waals surface area (Å²) in [5.41, 5.74) is 0. The summed E-state index contributed by atoms with van der Waals surface area (Å²) < 4.78 is 22.1. The Bertz CT molecular complexity index is 250. The SMILES string of the molecule is O=C(O)CCS(=O)(=O)C1CC1. The number of rotatable bonds is 4. The van der Waals surface area contributed by atoms with Crippen molar-refractivity contribution < 1.29 is 18.3 Å². The molecule has 0 bridgehead atoms. The summed E-state index contributed by atoms with van der Waals surface area (Å²) in [4.78, 5) is 10.0. The van der Waals surface area contributed by atoms with Crippen molar-refractivity contribution >= 4 is 15.8 Å². The van der Waals surface area contributed by atoms with Gasteiger partial charge in [-0.25, -0.2) is 8.42 Å². The molecule has 1 saturated carbocycles. The van der Waals surface area contributed by atoms with Crippen molar-refractivity contribution in [3.8, 4) is 0 Å². The van der Waals surface area contributed by atoms with Crippen molar-refractivity contribution in [1.82, 2.24) is 0 Å². The zero-order chi connectivity index (χ0) is 8.48. The lowest BCUT2D eigenvalue weighted by molar-refractivity contribution is -0.136. The van der Waals surface area contributed by atoms with Crippen LogP contribution in [0.3, 0.4) is 0 Å². The highest BCUT2D eigenvalue weighted by Gasteiger charge is 2.35. The van der Waals surface area contributed by atoms with E-state index in [1.54, 1.807) is 0 Å². The van der Waals surface area contributed by atoms with Gasteiger partial charge >= 0.3 is 5.97 Å². The van der Waals surface area contributed by atoms with Crippen LogP contribution in [0, 0.1) is 0 Å². The van der Waals surface area contributed by atoms with Crippen LogP contribution >= 0.6 is 0 Å². The molecule has 4 nitrogen and oxygen atoms in total. The molecule has 1 aliphatic rings. The van der Waals surface area contributed by atoms with Crippen molar-refractivity contribution in [2.24, 2.45) is 0 Å². The van der Waals surface area contributed by atoms with Gasteiger partial charge in [0.1, 0.15) is 0 Å². The molecule has 0 atom stereocenters. The molecule has 0 spiro atoms. The van der Waals surface area contributed by atoms with Crippen LogP contribution in [-0.4, -0.2) is 30.5 Å². The van der Waals surface area contributed by atoms with Crippen LogP contribution in [0.15, 0.2) is 0 Å². The quantitative estimate of drug-likeness (QED) is 0.659. The lowest BCUT2D eigenvalue weighted by atomic mass is 10.5. The molecule has 0 saturated heterocycles. The van der Waals surface area contributed by atoms with E-state index < -0.39 is 15.8 Å². The van der Waals surface area contributed by atoms with E-state index in [0.717, 1.165) is 0 Å². The number of aliphatic carboxylic acids is 1. The fraction of sp³-hybridized carbons (Fsp3) is 0.833. The zero-order valence-corrected chi connectivity index (χ0v) is 6.80. The number of carboxylic acids is 1. The predicted molar refractivity (Wildman–Crippen MR) is 39.1 cm³/mol. The van der Waals surface area contributed by atoms with Gasteiger partial charge in [0.05, 0.1) is 17.4 Å².